The molecule has 0 unspecified atom stereocenters. The van der Waals surface area contributed by atoms with Crippen LogP contribution >= 0.6 is 0 Å². The molecule has 2 aliphatic rings. The largest absolute Gasteiger partial charge is 1.00 e. The molecule has 0 bridgehead atoms. The number of carbonyl (C=O) groups is 1. The zero-order valence-corrected chi connectivity index (χ0v) is 9.70. The van der Waals surface area contributed by atoms with E-state index in [4.69, 9.17) is 0 Å². The van der Waals surface area contributed by atoms with Gasteiger partial charge in [-0.2, -0.15) is 0 Å². The van der Waals surface area contributed by atoms with Gasteiger partial charge >= 0.3 is 29.6 Å². The van der Waals surface area contributed by atoms with E-state index in [9.17, 15) is 9.90 Å². The Morgan fingerprint density at radius 1 is 1.21 bits per heavy atom. The summed E-state index contributed by atoms with van der Waals surface area (Å²) in [5.74, 6) is -1.08. The summed E-state index contributed by atoms with van der Waals surface area (Å²) < 4.78 is 0. The molecule has 0 amide bonds. The molecule has 3 rings (SSSR count). The van der Waals surface area contributed by atoms with E-state index in [1.807, 2.05) is 30.4 Å². The molecular weight excluding hydrogens is 187 g/mol. The molecule has 0 N–H and O–H groups in total. The van der Waals surface area contributed by atoms with Gasteiger partial charge in [-0.25, -0.2) is 0 Å². The van der Waals surface area contributed by atoms with Gasteiger partial charge in [0.2, 0.25) is 0 Å². The topological polar surface area (TPSA) is 40.1 Å². The zero-order valence-electron chi connectivity index (χ0n) is 7.70. The van der Waals surface area contributed by atoms with Crippen molar-refractivity contribution in [2.75, 3.05) is 0 Å². The second-order valence-corrected chi connectivity index (χ2v) is 3.18. The van der Waals surface area contributed by atoms with Crippen molar-refractivity contribution in [2.45, 2.75) is 0 Å². The van der Waals surface area contributed by atoms with Crippen LogP contribution < -0.4 is 34.7 Å². The maximum absolute atomic E-state index is 10.7. The van der Waals surface area contributed by atoms with Crippen LogP contribution in [0.4, 0.5) is 0 Å². The first-order valence-corrected chi connectivity index (χ1v) is 4.06. The summed E-state index contributed by atoms with van der Waals surface area (Å²) in [4.78, 5) is 10.7. The number of allylic oxidation sites excluding steroid dienone is 2. The van der Waals surface area contributed by atoms with E-state index in [0.29, 0.717) is 5.57 Å². The van der Waals surface area contributed by atoms with Crippen molar-refractivity contribution >= 4 is 23.2 Å². The fraction of sp³-hybridized carbons (Fsp3) is 0. The predicted octanol–water partition coefficient (Wildman–Crippen LogP) is -2.31. The van der Waals surface area contributed by atoms with Crippen molar-refractivity contribution in [3.8, 4) is 0 Å². The maximum Gasteiger partial charge on any atom is 1.00 e. The normalized spacial score (nSPS) is 14.6. The Hall–Kier alpha value is -0.830. The molecule has 3 heteroatoms. The summed E-state index contributed by atoms with van der Waals surface area (Å²) in [6.07, 6.45) is 3.77. The van der Waals surface area contributed by atoms with E-state index < -0.39 is 5.97 Å². The van der Waals surface area contributed by atoms with Gasteiger partial charge < -0.3 is 9.90 Å². The Labute approximate surface area is 103 Å². The van der Waals surface area contributed by atoms with E-state index in [0.717, 1.165) is 22.3 Å². The van der Waals surface area contributed by atoms with E-state index in [1.165, 1.54) is 0 Å². The second-order valence-electron chi connectivity index (χ2n) is 3.18. The van der Waals surface area contributed by atoms with Gasteiger partial charge in [0, 0.05) is 5.57 Å². The summed E-state index contributed by atoms with van der Waals surface area (Å²) in [7, 11) is 0. The van der Waals surface area contributed by atoms with Gasteiger partial charge in [0.15, 0.2) is 0 Å². The Morgan fingerprint density at radius 3 is 2.71 bits per heavy atom. The quantitative estimate of drug-likeness (QED) is 0.469. The summed E-state index contributed by atoms with van der Waals surface area (Å²) in [5, 5.41) is 10.7. The molecule has 0 radical (unpaired) electrons. The second kappa shape index (κ2) is 3.09. The van der Waals surface area contributed by atoms with Gasteiger partial charge in [-0.05, 0) is 22.3 Å². The number of carboxylic acids is 1. The molecule has 0 fully saturated rings. The Morgan fingerprint density at radius 2 is 2.00 bits per heavy atom. The molecule has 2 aliphatic carbocycles. The average Bonchev–Trinajstić information content (AvgIpc) is 2.43. The minimum Gasteiger partial charge on any atom is -0.545 e. The summed E-state index contributed by atoms with van der Waals surface area (Å²) in [6.45, 7) is 0. The maximum atomic E-state index is 10.7. The number of benzene rings is 1. The van der Waals surface area contributed by atoms with Gasteiger partial charge in [0.25, 0.3) is 0 Å². The van der Waals surface area contributed by atoms with Crippen LogP contribution in [0.1, 0.15) is 16.7 Å². The van der Waals surface area contributed by atoms with E-state index >= 15 is 0 Å². The molecule has 0 aliphatic heterocycles. The molecule has 2 nitrogen and oxygen atoms in total. The van der Waals surface area contributed by atoms with Gasteiger partial charge in [-0.1, -0.05) is 30.4 Å². The first-order chi connectivity index (χ1) is 6.29. The van der Waals surface area contributed by atoms with Gasteiger partial charge in [0.05, 0.1) is 5.97 Å². The number of carbonyl (C=O) groups excluding carboxylic acids is 1. The van der Waals surface area contributed by atoms with Crippen LogP contribution in [-0.4, -0.2) is 5.97 Å². The molecule has 1 aromatic carbocycles. The minimum atomic E-state index is -1.08. The van der Waals surface area contributed by atoms with E-state index in [-0.39, 0.29) is 29.6 Å². The number of aliphatic carboxylic acids is 1. The monoisotopic (exact) mass is 192 g/mol. The van der Waals surface area contributed by atoms with Gasteiger partial charge in [-0.15, -0.1) is 0 Å². The zero-order chi connectivity index (χ0) is 9.00. The van der Waals surface area contributed by atoms with Crippen molar-refractivity contribution in [2.24, 2.45) is 0 Å². The fourth-order valence-corrected chi connectivity index (χ4v) is 1.99. The summed E-state index contributed by atoms with van der Waals surface area (Å²) in [5.41, 5.74) is 4.17. The van der Waals surface area contributed by atoms with Crippen molar-refractivity contribution in [3.05, 3.63) is 41.0 Å². The van der Waals surface area contributed by atoms with Crippen LogP contribution in [0.25, 0.3) is 17.2 Å². The van der Waals surface area contributed by atoms with Crippen molar-refractivity contribution in [1.29, 1.82) is 0 Å². The molecule has 0 spiro atoms. The van der Waals surface area contributed by atoms with Gasteiger partial charge in [0.1, 0.15) is 0 Å². The first kappa shape index (κ1) is 9.71. The average molecular weight is 192 g/mol. The van der Waals surface area contributed by atoms with Crippen LogP contribution in [0.5, 0.6) is 0 Å². The predicted molar refractivity (Wildman–Crippen MR) is 47.3 cm³/mol. The standard InChI is InChI=1S/C11H6O2.Na/c12-11(13)10-7-3-1-2-6-4-5-8(10)9(6)7;/h1-5H,(H,12,13);/q;+1/p-1. The number of carboxylic acid groups (broad SMARTS) is 1. The van der Waals surface area contributed by atoms with Crippen LogP contribution in [0, 0.1) is 0 Å². The summed E-state index contributed by atoms with van der Waals surface area (Å²) >= 11 is 0. The smallest absolute Gasteiger partial charge is 0.545 e. The Balaban J connectivity index is 0.000000750. The van der Waals surface area contributed by atoms with Crippen LogP contribution in [0.3, 0.4) is 0 Å². The molecular formula is C11H5NaO2. The number of rotatable bonds is 1. The molecule has 0 saturated carbocycles. The van der Waals surface area contributed by atoms with E-state index in [1.54, 1.807) is 0 Å². The molecule has 0 saturated heterocycles. The fourth-order valence-electron chi connectivity index (χ4n) is 1.99. The van der Waals surface area contributed by atoms with Crippen molar-refractivity contribution in [3.63, 3.8) is 0 Å². The Kier molecular flexibility index (Phi) is 2.14. The van der Waals surface area contributed by atoms with Crippen LogP contribution in [0.15, 0.2) is 24.3 Å². The molecule has 0 heterocycles. The van der Waals surface area contributed by atoms with Crippen LogP contribution in [-0.2, 0) is 4.79 Å². The number of hydrogen-bond donors (Lipinski definition) is 0. The van der Waals surface area contributed by atoms with E-state index in [2.05, 4.69) is 0 Å². The SMILES string of the molecule is O=C([O-])C1=C2C=Cc3cccc1c32.[Na+]. The molecule has 1 aromatic rings. The number of hydrogen-bond acceptors (Lipinski definition) is 2. The van der Waals surface area contributed by atoms with Crippen LogP contribution in [0.2, 0.25) is 0 Å². The first-order valence-electron chi connectivity index (χ1n) is 4.06. The Bertz CT molecular complexity index is 498. The third-order valence-corrected chi connectivity index (χ3v) is 2.54. The van der Waals surface area contributed by atoms with Crippen molar-refractivity contribution < 1.29 is 39.5 Å². The molecule has 0 atom stereocenters. The molecule has 0 aromatic heterocycles. The third kappa shape index (κ3) is 0.989. The molecule has 14 heavy (non-hydrogen) atoms. The third-order valence-electron chi connectivity index (χ3n) is 2.54. The molecule has 62 valence electrons. The van der Waals surface area contributed by atoms with Gasteiger partial charge in [-0.3, -0.25) is 0 Å². The minimum absolute atomic E-state index is 0. The van der Waals surface area contributed by atoms with Crippen molar-refractivity contribution in [1.82, 2.24) is 0 Å². The summed E-state index contributed by atoms with van der Waals surface area (Å²) in [6, 6.07) is 5.67.